The summed E-state index contributed by atoms with van der Waals surface area (Å²) < 4.78 is 1.93. The van der Waals surface area contributed by atoms with Crippen LogP contribution in [-0.4, -0.2) is 29.5 Å². The van der Waals surface area contributed by atoms with E-state index in [9.17, 15) is 9.59 Å². The van der Waals surface area contributed by atoms with Crippen LogP contribution in [0.4, 0.5) is 0 Å². The molecule has 0 saturated carbocycles. The van der Waals surface area contributed by atoms with E-state index in [0.29, 0.717) is 18.7 Å². The molecule has 0 fully saturated rings. The Kier molecular flexibility index (Phi) is 5.49. The van der Waals surface area contributed by atoms with Gasteiger partial charge in [-0.05, 0) is 17.7 Å². The molecule has 3 aromatic rings. The van der Waals surface area contributed by atoms with Crippen molar-refractivity contribution >= 4 is 28.8 Å². The minimum Gasteiger partial charge on any atom is -0.351 e. The van der Waals surface area contributed by atoms with E-state index in [-0.39, 0.29) is 11.8 Å². The molecule has 0 saturated heterocycles. The van der Waals surface area contributed by atoms with Crippen molar-refractivity contribution in [1.29, 1.82) is 0 Å². The molecule has 2 N–H and O–H groups in total. The van der Waals surface area contributed by atoms with Gasteiger partial charge in [0.15, 0.2) is 0 Å². The number of nitrogens with zero attached hydrogens (tertiary/aromatic N) is 1. The minimum atomic E-state index is -0.187. The highest BCUT2D eigenvalue weighted by atomic mass is 16.2. The molecule has 0 spiro atoms. The summed E-state index contributed by atoms with van der Waals surface area (Å²) in [7, 11) is 1.92. The molecule has 0 bridgehead atoms. The summed E-state index contributed by atoms with van der Waals surface area (Å²) in [4.78, 5) is 24.2. The van der Waals surface area contributed by atoms with Crippen molar-refractivity contribution in [1.82, 2.24) is 15.2 Å². The number of amides is 2. The Morgan fingerprint density at radius 1 is 0.962 bits per heavy atom. The first-order valence-electron chi connectivity index (χ1n) is 8.48. The number of carbonyl (C=O) groups is 2. The number of carbonyl (C=O) groups excluding carboxylic acids is 2. The highest BCUT2D eigenvalue weighted by molar-refractivity contribution is 6.07. The van der Waals surface area contributed by atoms with E-state index in [0.717, 1.165) is 16.5 Å². The molecule has 3 rings (SSSR count). The van der Waals surface area contributed by atoms with Crippen molar-refractivity contribution in [3.63, 3.8) is 0 Å². The van der Waals surface area contributed by atoms with Crippen LogP contribution in [0.1, 0.15) is 15.9 Å². The van der Waals surface area contributed by atoms with E-state index in [1.54, 1.807) is 6.08 Å². The van der Waals surface area contributed by atoms with Crippen LogP contribution < -0.4 is 10.6 Å². The maximum atomic E-state index is 12.4. The average molecular weight is 347 g/mol. The number of hydrogen-bond donors (Lipinski definition) is 2. The van der Waals surface area contributed by atoms with E-state index in [1.807, 2.05) is 72.4 Å². The Balaban J connectivity index is 1.48. The summed E-state index contributed by atoms with van der Waals surface area (Å²) in [5.41, 5.74) is 2.61. The molecule has 0 aliphatic rings. The molecule has 2 amide bonds. The predicted molar refractivity (Wildman–Crippen MR) is 104 cm³/mol. The van der Waals surface area contributed by atoms with Gasteiger partial charge in [0, 0.05) is 43.3 Å². The summed E-state index contributed by atoms with van der Waals surface area (Å²) in [5, 5.41) is 6.52. The van der Waals surface area contributed by atoms with Gasteiger partial charge in [0.1, 0.15) is 0 Å². The number of aromatic nitrogens is 1. The Morgan fingerprint density at radius 2 is 1.65 bits per heavy atom. The van der Waals surface area contributed by atoms with Gasteiger partial charge in [0.05, 0.1) is 5.56 Å². The smallest absolute Gasteiger partial charge is 0.253 e. The molecule has 0 radical (unpaired) electrons. The Hall–Kier alpha value is -3.34. The monoisotopic (exact) mass is 347 g/mol. The van der Waals surface area contributed by atoms with Gasteiger partial charge in [-0.2, -0.15) is 0 Å². The summed E-state index contributed by atoms with van der Waals surface area (Å²) in [6.45, 7) is 0.738. The second-order valence-electron chi connectivity index (χ2n) is 5.96. The quantitative estimate of drug-likeness (QED) is 0.532. The van der Waals surface area contributed by atoms with Crippen molar-refractivity contribution in [3.05, 3.63) is 78.0 Å². The van der Waals surface area contributed by atoms with E-state index in [4.69, 9.17) is 0 Å². The van der Waals surface area contributed by atoms with Crippen molar-refractivity contribution in [2.75, 3.05) is 13.1 Å². The first kappa shape index (κ1) is 17.5. The number of para-hydroxylation sites is 1. The SMILES string of the molecule is Cn1cc(C(=O)NCCNC(=O)/C=C/c2ccccc2)c2ccccc21. The summed E-state index contributed by atoms with van der Waals surface area (Å²) in [5.74, 6) is -0.330. The van der Waals surface area contributed by atoms with Crippen LogP contribution in [0, 0.1) is 0 Å². The van der Waals surface area contributed by atoms with Crippen LogP contribution >= 0.6 is 0 Å². The molecular weight excluding hydrogens is 326 g/mol. The number of hydrogen-bond acceptors (Lipinski definition) is 2. The molecule has 2 aromatic carbocycles. The van der Waals surface area contributed by atoms with Crippen LogP contribution in [0.3, 0.4) is 0 Å². The Labute approximate surface area is 152 Å². The number of fused-ring (bicyclic) bond motifs is 1. The first-order valence-corrected chi connectivity index (χ1v) is 8.48. The Morgan fingerprint density at radius 3 is 2.46 bits per heavy atom. The number of rotatable bonds is 6. The summed E-state index contributed by atoms with van der Waals surface area (Å²) >= 11 is 0. The van der Waals surface area contributed by atoms with Gasteiger partial charge >= 0.3 is 0 Å². The van der Waals surface area contributed by atoms with Gasteiger partial charge < -0.3 is 15.2 Å². The number of benzene rings is 2. The third-order valence-corrected chi connectivity index (χ3v) is 4.08. The number of aryl methyl sites for hydroxylation is 1. The fourth-order valence-corrected chi connectivity index (χ4v) is 2.77. The molecule has 0 aliphatic heterocycles. The lowest BCUT2D eigenvalue weighted by Crippen LogP contribution is -2.33. The fraction of sp³-hybridized carbons (Fsp3) is 0.143. The molecule has 26 heavy (non-hydrogen) atoms. The van der Waals surface area contributed by atoms with E-state index >= 15 is 0 Å². The maximum absolute atomic E-state index is 12.4. The standard InChI is InChI=1S/C21H21N3O2/c1-24-15-18(17-9-5-6-10-19(17)24)21(26)23-14-13-22-20(25)12-11-16-7-3-2-4-8-16/h2-12,15H,13-14H2,1H3,(H,22,25)(H,23,26)/b12-11+. The van der Waals surface area contributed by atoms with Gasteiger partial charge in [0.25, 0.3) is 5.91 Å². The van der Waals surface area contributed by atoms with E-state index in [1.165, 1.54) is 6.08 Å². The lowest BCUT2D eigenvalue weighted by molar-refractivity contribution is -0.116. The van der Waals surface area contributed by atoms with Crippen molar-refractivity contribution < 1.29 is 9.59 Å². The van der Waals surface area contributed by atoms with E-state index in [2.05, 4.69) is 10.6 Å². The summed E-state index contributed by atoms with van der Waals surface area (Å²) in [6, 6.07) is 17.4. The van der Waals surface area contributed by atoms with Gasteiger partial charge in [-0.25, -0.2) is 0 Å². The molecule has 0 aliphatic carbocycles. The largest absolute Gasteiger partial charge is 0.351 e. The second kappa shape index (κ2) is 8.16. The number of nitrogens with one attached hydrogen (secondary N) is 2. The van der Waals surface area contributed by atoms with Crippen molar-refractivity contribution in [3.8, 4) is 0 Å². The third-order valence-electron chi connectivity index (χ3n) is 4.08. The molecule has 5 nitrogen and oxygen atoms in total. The molecule has 0 atom stereocenters. The van der Waals surface area contributed by atoms with Crippen LogP contribution in [-0.2, 0) is 11.8 Å². The third kappa shape index (κ3) is 4.19. The molecule has 1 heterocycles. The first-order chi connectivity index (χ1) is 12.6. The normalized spacial score (nSPS) is 11.0. The van der Waals surface area contributed by atoms with Crippen LogP contribution in [0.2, 0.25) is 0 Å². The van der Waals surface area contributed by atoms with Crippen LogP contribution in [0.15, 0.2) is 66.9 Å². The fourth-order valence-electron chi connectivity index (χ4n) is 2.77. The topological polar surface area (TPSA) is 63.1 Å². The van der Waals surface area contributed by atoms with Gasteiger partial charge in [0.2, 0.25) is 5.91 Å². The Bertz CT molecular complexity index is 942. The van der Waals surface area contributed by atoms with Crippen LogP contribution in [0.5, 0.6) is 0 Å². The maximum Gasteiger partial charge on any atom is 0.253 e. The zero-order chi connectivity index (χ0) is 18.4. The zero-order valence-corrected chi connectivity index (χ0v) is 14.6. The minimum absolute atomic E-state index is 0.143. The van der Waals surface area contributed by atoms with Gasteiger partial charge in [-0.3, -0.25) is 9.59 Å². The average Bonchev–Trinajstić information content (AvgIpc) is 3.01. The predicted octanol–water partition coefficient (Wildman–Crippen LogP) is 2.74. The highest BCUT2D eigenvalue weighted by Crippen LogP contribution is 2.19. The molecule has 0 unspecified atom stereocenters. The summed E-state index contributed by atoms with van der Waals surface area (Å²) in [6.07, 6.45) is 5.06. The van der Waals surface area contributed by atoms with Crippen LogP contribution in [0.25, 0.3) is 17.0 Å². The zero-order valence-electron chi connectivity index (χ0n) is 14.6. The highest BCUT2D eigenvalue weighted by Gasteiger charge is 2.12. The molecule has 132 valence electrons. The van der Waals surface area contributed by atoms with Gasteiger partial charge in [-0.15, -0.1) is 0 Å². The second-order valence-corrected chi connectivity index (χ2v) is 5.96. The molecule has 1 aromatic heterocycles. The van der Waals surface area contributed by atoms with Gasteiger partial charge in [-0.1, -0.05) is 48.5 Å². The van der Waals surface area contributed by atoms with Crippen molar-refractivity contribution in [2.45, 2.75) is 0 Å². The lowest BCUT2D eigenvalue weighted by atomic mass is 10.1. The lowest BCUT2D eigenvalue weighted by Gasteiger charge is -2.05. The van der Waals surface area contributed by atoms with Crippen molar-refractivity contribution in [2.24, 2.45) is 7.05 Å². The molecular formula is C21H21N3O2. The van der Waals surface area contributed by atoms with E-state index < -0.39 is 0 Å². The molecule has 5 heteroatoms.